The Balaban J connectivity index is 1.02. The number of carbonyl (C=O) groups excluding carboxylic acids is 2. The van der Waals surface area contributed by atoms with Crippen molar-refractivity contribution in [3.8, 4) is 0 Å². The smallest absolute Gasteiger partial charge is 0.338 e. The summed E-state index contributed by atoms with van der Waals surface area (Å²) < 4.78 is 48.4. The van der Waals surface area contributed by atoms with Crippen molar-refractivity contribution in [3.05, 3.63) is 47.5 Å². The van der Waals surface area contributed by atoms with Crippen LogP contribution >= 0.6 is 0 Å². The summed E-state index contributed by atoms with van der Waals surface area (Å²) in [7, 11) is 0. The van der Waals surface area contributed by atoms with Crippen LogP contribution in [0.3, 0.4) is 0 Å². The van der Waals surface area contributed by atoms with Crippen molar-refractivity contribution >= 4 is 17.9 Å². The number of allylic oxidation sites excluding steroid dienone is 2. The molecule has 11 N–H and O–H groups in total. The van der Waals surface area contributed by atoms with Gasteiger partial charge in [0.15, 0.2) is 25.0 Å². The highest BCUT2D eigenvalue weighted by Crippen LogP contribution is 2.76. The van der Waals surface area contributed by atoms with Crippen molar-refractivity contribution in [2.24, 2.45) is 50.2 Å². The zero-order chi connectivity index (χ0) is 57.0. The van der Waals surface area contributed by atoms with Crippen LogP contribution in [0.5, 0.6) is 0 Å². The Labute approximate surface area is 453 Å². The van der Waals surface area contributed by atoms with E-state index in [0.29, 0.717) is 44.1 Å². The molecule has 4 saturated carbocycles. The minimum absolute atomic E-state index is 0.0281. The second kappa shape index (κ2) is 21.5. The Kier molecular flexibility index (Phi) is 16.3. The molecule has 1 aromatic rings. The SMILES string of the molecule is CC(=O)OCC12C(O)CC3(C)C(=CCC4C5(C)CCC(OC6OC(C(=O)O)C(O)C(OC7OCC(O)C(O)C7O)C6OC6OC(CO)C(O)C(O)C6O)C(C)(C)C5CCC43C)C1CC(C)(C)C(OC(=O)c1ccccc1)C2O. The molecule has 0 amide bonds. The molecule has 3 saturated heterocycles. The number of fused-ring (bicyclic) bond motifs is 7. The number of hydrogen-bond acceptors (Lipinski definition) is 21. The van der Waals surface area contributed by atoms with Crippen LogP contribution in [-0.4, -0.2) is 204 Å². The normalized spacial score (nSPS) is 48.6. The van der Waals surface area contributed by atoms with E-state index < -0.39 is 175 Å². The van der Waals surface area contributed by atoms with Gasteiger partial charge in [-0.3, -0.25) is 4.79 Å². The number of carboxylic acid groups (broad SMARTS) is 1. The number of carboxylic acids is 1. The minimum atomic E-state index is -2.10. The summed E-state index contributed by atoms with van der Waals surface area (Å²) in [6, 6.07) is 8.48. The van der Waals surface area contributed by atoms with Gasteiger partial charge in [0.25, 0.3) is 0 Å². The standard InChI is InChI=1S/C56H82O22/c1-25(58)72-24-56-28(20-51(2,3)45(44(56)67)78-47(70)26-12-10-9-11-13-26)27-14-15-32-53(6)18-17-34(52(4,5)31(53)16-19-54(32,7)55(27,8)21-33(56)60)74-50-43(77-49-39(65)37(63)36(62)30(22-57)73-49)41(40(66)42(76-50)46(68)69)75-48-38(64)35(61)29(59)23-71-48/h9-14,28-45,48-50,57,59-67H,15-24H2,1-8H3,(H,68,69). The van der Waals surface area contributed by atoms with E-state index in [1.165, 1.54) is 6.92 Å². The van der Waals surface area contributed by atoms with Gasteiger partial charge in [-0.25, -0.2) is 9.59 Å². The third-order valence-corrected chi connectivity index (χ3v) is 20.8. The molecule has 1 aromatic carbocycles. The van der Waals surface area contributed by atoms with Crippen molar-refractivity contribution in [2.75, 3.05) is 19.8 Å². The van der Waals surface area contributed by atoms with Gasteiger partial charge in [-0.1, -0.05) is 78.3 Å². The molecule has 0 aromatic heterocycles. The molecule has 0 radical (unpaired) electrons. The molecular formula is C56H82O22. The van der Waals surface area contributed by atoms with E-state index in [0.717, 1.165) is 5.57 Å². The second-order valence-corrected chi connectivity index (χ2v) is 25.7. The highest BCUT2D eigenvalue weighted by atomic mass is 16.8. The first kappa shape index (κ1) is 59.4. The Bertz CT molecular complexity index is 2380. The van der Waals surface area contributed by atoms with Gasteiger partial charge in [-0.15, -0.1) is 0 Å². The Morgan fingerprint density at radius 1 is 0.718 bits per heavy atom. The van der Waals surface area contributed by atoms with Gasteiger partial charge >= 0.3 is 17.9 Å². The third-order valence-electron chi connectivity index (χ3n) is 20.8. The zero-order valence-electron chi connectivity index (χ0n) is 45.6. The quantitative estimate of drug-likeness (QED) is 0.0779. The van der Waals surface area contributed by atoms with Crippen molar-refractivity contribution in [3.63, 3.8) is 0 Å². The molecule has 22 nitrogen and oxygen atoms in total. The molecule has 3 aliphatic heterocycles. The summed E-state index contributed by atoms with van der Waals surface area (Å²) in [5.41, 5.74) is -3.02. The average molecular weight is 1110 g/mol. The van der Waals surface area contributed by atoms with Gasteiger partial charge in [0, 0.05) is 12.3 Å². The lowest BCUT2D eigenvalue weighted by Crippen LogP contribution is -2.72. The van der Waals surface area contributed by atoms with E-state index in [9.17, 15) is 70.6 Å². The predicted octanol–water partition coefficient (Wildman–Crippen LogP) is 0.693. The number of aliphatic hydroxyl groups is 10. The van der Waals surface area contributed by atoms with Gasteiger partial charge in [0.05, 0.1) is 36.4 Å². The monoisotopic (exact) mass is 1110 g/mol. The largest absolute Gasteiger partial charge is 0.479 e. The molecule has 8 aliphatic rings. The highest BCUT2D eigenvalue weighted by Gasteiger charge is 2.73. The summed E-state index contributed by atoms with van der Waals surface area (Å²) in [6.07, 6.45) is -24.1. The zero-order valence-corrected chi connectivity index (χ0v) is 45.6. The lowest BCUT2D eigenvalue weighted by atomic mass is 9.33. The topological polar surface area (TPSA) is 348 Å². The molecule has 5 aliphatic carbocycles. The second-order valence-electron chi connectivity index (χ2n) is 25.7. The van der Waals surface area contributed by atoms with Crippen LogP contribution in [0.1, 0.15) is 111 Å². The number of benzene rings is 1. The van der Waals surface area contributed by atoms with Gasteiger partial charge in [-0.2, -0.15) is 0 Å². The van der Waals surface area contributed by atoms with Gasteiger partial charge in [0.2, 0.25) is 0 Å². The fourth-order valence-electron chi connectivity index (χ4n) is 16.3. The number of hydrogen-bond donors (Lipinski definition) is 11. The fraction of sp³-hybridized carbons (Fsp3) is 0.804. The lowest BCUT2D eigenvalue weighted by molar-refractivity contribution is -0.392. The lowest BCUT2D eigenvalue weighted by Gasteiger charge is -2.72. The van der Waals surface area contributed by atoms with Crippen molar-refractivity contribution < 1.29 is 108 Å². The molecule has 25 atom stereocenters. The maximum atomic E-state index is 13.6. The first-order chi connectivity index (χ1) is 36.5. The Hall–Kier alpha value is -3.27. The van der Waals surface area contributed by atoms with Gasteiger partial charge < -0.3 is 94.1 Å². The van der Waals surface area contributed by atoms with Crippen LogP contribution in [-0.2, 0) is 47.5 Å². The summed E-state index contributed by atoms with van der Waals surface area (Å²) in [6.45, 7) is 14.4. The molecule has 9 rings (SSSR count). The van der Waals surface area contributed by atoms with E-state index in [1.54, 1.807) is 30.3 Å². The number of ether oxygens (including phenoxy) is 8. The summed E-state index contributed by atoms with van der Waals surface area (Å²) >= 11 is 0. The summed E-state index contributed by atoms with van der Waals surface area (Å²) in [5.74, 6) is -3.34. The number of esters is 2. The number of carbonyl (C=O) groups is 3. The molecule has 78 heavy (non-hydrogen) atoms. The van der Waals surface area contributed by atoms with Crippen LogP contribution < -0.4 is 0 Å². The molecule has 7 fully saturated rings. The van der Waals surface area contributed by atoms with E-state index in [4.69, 9.17) is 37.9 Å². The van der Waals surface area contributed by atoms with E-state index in [-0.39, 0.29) is 30.3 Å². The maximum Gasteiger partial charge on any atom is 0.338 e. The Morgan fingerprint density at radius 2 is 1.38 bits per heavy atom. The molecule has 0 bridgehead atoms. The number of aliphatic hydroxyl groups excluding tert-OH is 10. The van der Waals surface area contributed by atoms with E-state index in [2.05, 4.69) is 40.7 Å². The molecule has 22 heteroatoms. The fourth-order valence-corrected chi connectivity index (χ4v) is 16.3. The number of aliphatic carboxylic acids is 1. The molecule has 0 spiro atoms. The van der Waals surface area contributed by atoms with E-state index >= 15 is 0 Å². The predicted molar refractivity (Wildman–Crippen MR) is 268 cm³/mol. The van der Waals surface area contributed by atoms with Crippen LogP contribution in [0, 0.1) is 50.2 Å². The first-order valence-electron chi connectivity index (χ1n) is 27.4. The van der Waals surface area contributed by atoms with Crippen molar-refractivity contribution in [1.82, 2.24) is 0 Å². The van der Waals surface area contributed by atoms with Crippen LogP contribution in [0.25, 0.3) is 0 Å². The van der Waals surface area contributed by atoms with E-state index in [1.807, 2.05) is 13.8 Å². The highest BCUT2D eigenvalue weighted by molar-refractivity contribution is 5.89. The maximum absolute atomic E-state index is 13.6. The van der Waals surface area contributed by atoms with Crippen LogP contribution in [0.15, 0.2) is 42.0 Å². The molecule has 438 valence electrons. The molecule has 25 unspecified atom stereocenters. The van der Waals surface area contributed by atoms with Crippen LogP contribution in [0.4, 0.5) is 0 Å². The summed E-state index contributed by atoms with van der Waals surface area (Å²) in [5, 5.41) is 122. The molecular weight excluding hydrogens is 1020 g/mol. The van der Waals surface area contributed by atoms with Crippen LogP contribution in [0.2, 0.25) is 0 Å². The van der Waals surface area contributed by atoms with Crippen molar-refractivity contribution in [1.29, 1.82) is 0 Å². The Morgan fingerprint density at radius 3 is 2.04 bits per heavy atom. The minimum Gasteiger partial charge on any atom is -0.479 e. The average Bonchev–Trinajstić information content (AvgIpc) is 3.58. The van der Waals surface area contributed by atoms with Gasteiger partial charge in [0.1, 0.15) is 79.9 Å². The summed E-state index contributed by atoms with van der Waals surface area (Å²) in [4.78, 5) is 39.1. The molecule has 3 heterocycles. The third kappa shape index (κ3) is 9.57. The first-order valence-corrected chi connectivity index (χ1v) is 27.4. The van der Waals surface area contributed by atoms with Gasteiger partial charge in [-0.05, 0) is 96.5 Å². The number of rotatable bonds is 12. The van der Waals surface area contributed by atoms with Crippen molar-refractivity contribution in [2.45, 2.75) is 211 Å².